The molecule has 0 aliphatic carbocycles. The molecule has 20 heavy (non-hydrogen) atoms. The van der Waals surface area contributed by atoms with Crippen molar-refractivity contribution in [3.63, 3.8) is 0 Å². The first-order valence-corrected chi connectivity index (χ1v) is 7.94. The van der Waals surface area contributed by atoms with E-state index in [1.807, 2.05) is 21.7 Å². The molecule has 2 N–H and O–H groups in total. The third-order valence-corrected chi connectivity index (χ3v) is 4.62. The molecule has 1 unspecified atom stereocenters. The van der Waals surface area contributed by atoms with Crippen molar-refractivity contribution in [3.05, 3.63) is 22.4 Å². The van der Waals surface area contributed by atoms with Gasteiger partial charge in [0, 0.05) is 35.8 Å². The van der Waals surface area contributed by atoms with E-state index < -0.39 is 0 Å². The molecule has 1 atom stereocenters. The number of nitrogens with two attached hydrogens (primary N) is 1. The predicted octanol–water partition coefficient (Wildman–Crippen LogP) is 3.03. The van der Waals surface area contributed by atoms with Gasteiger partial charge in [-0.05, 0) is 47.7 Å². The summed E-state index contributed by atoms with van der Waals surface area (Å²) in [4.78, 5) is 14.7. The van der Waals surface area contributed by atoms with Crippen molar-refractivity contribution in [3.8, 4) is 0 Å². The summed E-state index contributed by atoms with van der Waals surface area (Å²) in [5, 5.41) is 0. The number of halogens is 1. The second-order valence-electron chi connectivity index (χ2n) is 6.66. The summed E-state index contributed by atoms with van der Waals surface area (Å²) in [6, 6.07) is 2.33. The Balaban J connectivity index is 2.24. The first-order valence-electron chi connectivity index (χ1n) is 7.14. The van der Waals surface area contributed by atoms with Crippen LogP contribution in [0.25, 0.3) is 0 Å². The molecule has 1 saturated heterocycles. The number of likely N-dealkylation sites (tertiary alicyclic amines) is 1. The highest BCUT2D eigenvalue weighted by molar-refractivity contribution is 9.10. The van der Waals surface area contributed by atoms with Gasteiger partial charge in [0.1, 0.15) is 5.69 Å². The van der Waals surface area contributed by atoms with Crippen molar-refractivity contribution in [2.45, 2.75) is 46.2 Å². The van der Waals surface area contributed by atoms with Crippen molar-refractivity contribution in [1.82, 2.24) is 9.47 Å². The van der Waals surface area contributed by atoms with Crippen LogP contribution in [0.15, 0.2) is 16.7 Å². The van der Waals surface area contributed by atoms with Crippen LogP contribution >= 0.6 is 15.9 Å². The zero-order valence-corrected chi connectivity index (χ0v) is 14.3. The quantitative estimate of drug-likeness (QED) is 0.898. The molecule has 4 nitrogen and oxygen atoms in total. The van der Waals surface area contributed by atoms with E-state index in [9.17, 15) is 4.79 Å². The normalized spacial score (nSPS) is 22.4. The minimum atomic E-state index is -0.0274. The molecule has 5 heteroatoms. The van der Waals surface area contributed by atoms with E-state index in [0.29, 0.717) is 6.54 Å². The van der Waals surface area contributed by atoms with E-state index in [1.165, 1.54) is 0 Å². The smallest absolute Gasteiger partial charge is 0.270 e. The van der Waals surface area contributed by atoms with E-state index in [-0.39, 0.29) is 23.4 Å². The lowest BCUT2D eigenvalue weighted by atomic mass is 9.79. The van der Waals surface area contributed by atoms with Crippen molar-refractivity contribution < 1.29 is 4.79 Å². The van der Waals surface area contributed by atoms with Gasteiger partial charge in [-0.15, -0.1) is 0 Å². The minimum absolute atomic E-state index is 0.0274. The molecule has 1 aliphatic rings. The van der Waals surface area contributed by atoms with Crippen LogP contribution in [0, 0.1) is 5.41 Å². The average Bonchev–Trinajstić information content (AvgIpc) is 2.74. The largest absolute Gasteiger partial charge is 0.340 e. The Bertz CT molecular complexity index is 507. The van der Waals surface area contributed by atoms with Crippen LogP contribution in [-0.4, -0.2) is 34.5 Å². The van der Waals surface area contributed by atoms with Crippen LogP contribution in [0.4, 0.5) is 0 Å². The monoisotopic (exact) mass is 341 g/mol. The van der Waals surface area contributed by atoms with E-state index in [2.05, 4.69) is 43.6 Å². The molecule has 1 aliphatic heterocycles. The molecule has 1 fully saturated rings. The first-order chi connectivity index (χ1) is 9.22. The SMILES string of the molecule is CC(C)n1cc(Br)cc1C(=O)N1CCC(N)C(C)(C)C1. The van der Waals surface area contributed by atoms with Crippen molar-refractivity contribution in [2.75, 3.05) is 13.1 Å². The summed E-state index contributed by atoms with van der Waals surface area (Å²) in [5.74, 6) is 0.101. The zero-order chi connectivity index (χ0) is 15.1. The third-order valence-electron chi connectivity index (χ3n) is 4.19. The van der Waals surface area contributed by atoms with Gasteiger partial charge < -0.3 is 15.2 Å². The van der Waals surface area contributed by atoms with Gasteiger partial charge >= 0.3 is 0 Å². The van der Waals surface area contributed by atoms with Crippen LogP contribution in [-0.2, 0) is 0 Å². The van der Waals surface area contributed by atoms with Gasteiger partial charge in [-0.1, -0.05) is 13.8 Å². The van der Waals surface area contributed by atoms with Crippen LogP contribution in [0.1, 0.15) is 50.6 Å². The summed E-state index contributed by atoms with van der Waals surface area (Å²) in [5.41, 5.74) is 6.87. The molecular formula is C15H24BrN3O. The van der Waals surface area contributed by atoms with Gasteiger partial charge in [-0.2, -0.15) is 0 Å². The fourth-order valence-corrected chi connectivity index (χ4v) is 3.19. The van der Waals surface area contributed by atoms with Crippen molar-refractivity contribution in [1.29, 1.82) is 0 Å². The Labute approximate surface area is 129 Å². The van der Waals surface area contributed by atoms with Crippen LogP contribution < -0.4 is 5.73 Å². The Morgan fingerprint density at radius 3 is 2.70 bits per heavy atom. The Morgan fingerprint density at radius 2 is 2.15 bits per heavy atom. The topological polar surface area (TPSA) is 51.3 Å². The lowest BCUT2D eigenvalue weighted by Gasteiger charge is -2.42. The van der Waals surface area contributed by atoms with Gasteiger partial charge in [-0.25, -0.2) is 0 Å². The Kier molecular flexibility index (Phi) is 4.30. The first kappa shape index (κ1) is 15.6. The predicted molar refractivity (Wildman–Crippen MR) is 84.8 cm³/mol. The maximum atomic E-state index is 12.8. The van der Waals surface area contributed by atoms with Gasteiger partial charge in [0.15, 0.2) is 0 Å². The number of rotatable bonds is 2. The Morgan fingerprint density at radius 1 is 1.50 bits per heavy atom. The number of hydrogen-bond donors (Lipinski definition) is 1. The lowest BCUT2D eigenvalue weighted by Crippen LogP contribution is -2.54. The number of carbonyl (C=O) groups excluding carboxylic acids is 1. The van der Waals surface area contributed by atoms with Crippen LogP contribution in [0.2, 0.25) is 0 Å². The van der Waals surface area contributed by atoms with E-state index in [4.69, 9.17) is 5.73 Å². The van der Waals surface area contributed by atoms with Gasteiger partial charge in [0.25, 0.3) is 5.91 Å². The second-order valence-corrected chi connectivity index (χ2v) is 7.57. The number of aromatic nitrogens is 1. The second kappa shape index (κ2) is 5.53. The Hall–Kier alpha value is -0.810. The number of carbonyl (C=O) groups is 1. The molecule has 2 rings (SSSR count). The molecule has 1 amide bonds. The molecule has 0 radical (unpaired) electrons. The highest BCUT2D eigenvalue weighted by atomic mass is 79.9. The maximum absolute atomic E-state index is 12.8. The molecule has 0 saturated carbocycles. The maximum Gasteiger partial charge on any atom is 0.270 e. The third kappa shape index (κ3) is 2.93. The number of piperidine rings is 1. The van der Waals surface area contributed by atoms with Crippen LogP contribution in [0.5, 0.6) is 0 Å². The fourth-order valence-electron chi connectivity index (χ4n) is 2.75. The van der Waals surface area contributed by atoms with Gasteiger partial charge in [-0.3, -0.25) is 4.79 Å². The number of amides is 1. The lowest BCUT2D eigenvalue weighted by molar-refractivity contribution is 0.0521. The van der Waals surface area contributed by atoms with E-state index in [0.717, 1.165) is 23.1 Å². The fraction of sp³-hybridized carbons (Fsp3) is 0.667. The van der Waals surface area contributed by atoms with Crippen molar-refractivity contribution in [2.24, 2.45) is 11.1 Å². The molecule has 112 valence electrons. The molecule has 0 bridgehead atoms. The van der Waals surface area contributed by atoms with Crippen molar-refractivity contribution >= 4 is 21.8 Å². The molecular weight excluding hydrogens is 318 g/mol. The summed E-state index contributed by atoms with van der Waals surface area (Å²) in [7, 11) is 0. The van der Waals surface area contributed by atoms with E-state index >= 15 is 0 Å². The molecule has 2 heterocycles. The summed E-state index contributed by atoms with van der Waals surface area (Å²) < 4.78 is 2.97. The highest BCUT2D eigenvalue weighted by Gasteiger charge is 2.36. The number of nitrogens with zero attached hydrogens (tertiary/aromatic N) is 2. The standard InChI is InChI=1S/C15H24BrN3O/c1-10(2)19-8-11(16)7-12(19)14(20)18-6-5-13(17)15(3,4)9-18/h7-8,10,13H,5-6,9,17H2,1-4H3. The highest BCUT2D eigenvalue weighted by Crippen LogP contribution is 2.29. The summed E-state index contributed by atoms with van der Waals surface area (Å²) in [6.07, 6.45) is 2.83. The zero-order valence-electron chi connectivity index (χ0n) is 12.7. The minimum Gasteiger partial charge on any atom is -0.340 e. The summed E-state index contributed by atoms with van der Waals surface area (Å²) in [6.45, 7) is 9.89. The average molecular weight is 342 g/mol. The molecule has 0 spiro atoms. The van der Waals surface area contributed by atoms with Gasteiger partial charge in [0.2, 0.25) is 0 Å². The molecule has 1 aromatic heterocycles. The summed E-state index contributed by atoms with van der Waals surface area (Å²) >= 11 is 3.46. The van der Waals surface area contributed by atoms with E-state index in [1.54, 1.807) is 0 Å². The molecule has 0 aromatic carbocycles. The molecule has 1 aromatic rings. The number of hydrogen-bond acceptors (Lipinski definition) is 2. The van der Waals surface area contributed by atoms with Gasteiger partial charge in [0.05, 0.1) is 0 Å². The van der Waals surface area contributed by atoms with Crippen LogP contribution in [0.3, 0.4) is 0 Å².